The van der Waals surface area contributed by atoms with E-state index in [1.165, 1.54) is 44.2 Å². The van der Waals surface area contributed by atoms with Gasteiger partial charge in [-0.05, 0) is 43.2 Å². The molecule has 1 heterocycles. The van der Waals surface area contributed by atoms with E-state index in [1.54, 1.807) is 0 Å². The van der Waals surface area contributed by atoms with Gasteiger partial charge in [0.2, 0.25) is 17.3 Å². The van der Waals surface area contributed by atoms with E-state index in [1.807, 2.05) is 0 Å². The van der Waals surface area contributed by atoms with Crippen molar-refractivity contribution in [2.75, 3.05) is 26.3 Å². The number of hydrogen-bond acceptors (Lipinski definition) is 12. The van der Waals surface area contributed by atoms with Crippen molar-refractivity contribution in [2.24, 2.45) is 5.73 Å². The van der Waals surface area contributed by atoms with Gasteiger partial charge in [0.15, 0.2) is 23.7 Å². The van der Waals surface area contributed by atoms with Crippen LogP contribution in [0.1, 0.15) is 25.8 Å². The van der Waals surface area contributed by atoms with E-state index in [4.69, 9.17) is 19.7 Å². The molecule has 17 heteroatoms. The van der Waals surface area contributed by atoms with Gasteiger partial charge in [-0.3, -0.25) is 14.2 Å². The lowest BCUT2D eigenvalue weighted by molar-refractivity contribution is -0.126. The first kappa shape index (κ1) is 34.5. The zero-order valence-corrected chi connectivity index (χ0v) is 23.9. The smallest absolute Gasteiger partial charge is 0.407 e. The summed E-state index contributed by atoms with van der Waals surface area (Å²) in [6.07, 6.45) is -1.98. The lowest BCUT2D eigenvalue weighted by Gasteiger charge is -2.40. The summed E-state index contributed by atoms with van der Waals surface area (Å²) in [4.78, 5) is 46.6. The average Bonchev–Trinajstić information content (AvgIpc) is 2.92. The van der Waals surface area contributed by atoms with Crippen molar-refractivity contribution in [2.45, 2.75) is 50.7 Å². The molecule has 234 valence electrons. The fourth-order valence-electron chi connectivity index (χ4n) is 3.82. The van der Waals surface area contributed by atoms with Crippen LogP contribution in [0.3, 0.4) is 0 Å². The molecule has 0 bridgehead atoms. The standard InChI is InChI=1S/C25H37N4O12P/c1-3-39-42(37,38)21-12-16(26)22(29-14(2)31)24(40-21)23(19(34)13-30)41-25(36)28-10-4-9-27-20(35)8-6-15-5-7-17(32)18(33)11-15/h5-8,11-12,16,19,22-24,30,32-34H,3-4,9-10,13,26H2,1-2H3,(H,27,35)(H,28,36)(H,29,31)(H,37,38)/b8-6+/t16-,19+,22+,23+,24?/m0/s1. The molecule has 0 aromatic heterocycles. The van der Waals surface area contributed by atoms with Crippen LogP contribution in [-0.4, -0.2) is 99.9 Å². The maximum Gasteiger partial charge on any atom is 0.407 e. The molecule has 3 amide bonds. The molecule has 0 radical (unpaired) electrons. The number of aliphatic hydroxyl groups is 2. The molecule has 16 nitrogen and oxygen atoms in total. The van der Waals surface area contributed by atoms with Crippen molar-refractivity contribution in [3.63, 3.8) is 0 Å². The lowest BCUT2D eigenvalue weighted by Crippen LogP contribution is -2.62. The van der Waals surface area contributed by atoms with E-state index >= 15 is 0 Å². The van der Waals surface area contributed by atoms with E-state index in [0.29, 0.717) is 5.56 Å². The lowest BCUT2D eigenvalue weighted by atomic mass is 9.93. The Morgan fingerprint density at radius 3 is 2.50 bits per heavy atom. The number of nitrogens with two attached hydrogens (primary N) is 1. The number of ether oxygens (including phenoxy) is 2. The van der Waals surface area contributed by atoms with Crippen LogP contribution in [0, 0.1) is 0 Å². The van der Waals surface area contributed by atoms with Crippen LogP contribution in [0.2, 0.25) is 0 Å². The molecule has 0 saturated carbocycles. The highest BCUT2D eigenvalue weighted by atomic mass is 31.2. The molecule has 0 saturated heterocycles. The highest BCUT2D eigenvalue weighted by Gasteiger charge is 2.47. The van der Waals surface area contributed by atoms with Crippen LogP contribution in [0.15, 0.2) is 35.9 Å². The highest BCUT2D eigenvalue weighted by molar-refractivity contribution is 7.57. The fraction of sp³-hybridized carbons (Fsp3) is 0.480. The number of hydrogen-bond donors (Lipinski definition) is 9. The summed E-state index contributed by atoms with van der Waals surface area (Å²) in [6.45, 7) is 1.77. The monoisotopic (exact) mass is 616 g/mol. The number of phenols is 2. The van der Waals surface area contributed by atoms with Crippen molar-refractivity contribution < 1.29 is 58.3 Å². The van der Waals surface area contributed by atoms with E-state index in [-0.39, 0.29) is 37.6 Å². The average molecular weight is 617 g/mol. The van der Waals surface area contributed by atoms with Crippen molar-refractivity contribution >= 4 is 31.6 Å². The highest BCUT2D eigenvalue weighted by Crippen LogP contribution is 2.53. The number of aromatic hydroxyl groups is 2. The number of nitrogens with one attached hydrogen (secondary N) is 3. The third kappa shape index (κ3) is 10.3. The van der Waals surface area contributed by atoms with Crippen molar-refractivity contribution in [3.8, 4) is 11.5 Å². The van der Waals surface area contributed by atoms with Crippen LogP contribution in [0.25, 0.3) is 6.08 Å². The second kappa shape index (κ2) is 16.1. The Hall–Kier alpha value is -3.66. The van der Waals surface area contributed by atoms with Crippen LogP contribution in [-0.2, 0) is 28.2 Å². The molecule has 0 spiro atoms. The van der Waals surface area contributed by atoms with Gasteiger partial charge in [0, 0.05) is 26.1 Å². The molecule has 42 heavy (non-hydrogen) atoms. The second-order valence-corrected chi connectivity index (χ2v) is 10.8. The molecule has 1 aromatic carbocycles. The summed E-state index contributed by atoms with van der Waals surface area (Å²) in [6, 6.07) is 1.79. The SMILES string of the molecule is CCOP(=O)(O)C1=C[C@H](N)[C@@H](NC(C)=O)C([C@H](OC(=O)NCCCNC(=O)/C=C/c2ccc(O)c(O)c2)[C@H](O)CO)O1. The van der Waals surface area contributed by atoms with Gasteiger partial charge in [0.1, 0.15) is 6.10 Å². The predicted octanol–water partition coefficient (Wildman–Crippen LogP) is -0.641. The Balaban J connectivity index is 1.98. The summed E-state index contributed by atoms with van der Waals surface area (Å²) in [7, 11) is -4.49. The maximum absolute atomic E-state index is 12.6. The molecule has 6 atom stereocenters. The maximum atomic E-state index is 12.6. The quantitative estimate of drug-likeness (QED) is 0.0546. The van der Waals surface area contributed by atoms with E-state index in [2.05, 4.69) is 16.0 Å². The molecule has 2 rings (SSSR count). The summed E-state index contributed by atoms with van der Waals surface area (Å²) in [5, 5.41) is 46.3. The molecule has 1 aliphatic rings. The number of carbonyl (C=O) groups excluding carboxylic acids is 3. The van der Waals surface area contributed by atoms with Gasteiger partial charge in [-0.1, -0.05) is 6.07 Å². The van der Waals surface area contributed by atoms with E-state index in [9.17, 15) is 44.3 Å². The number of rotatable bonds is 14. The predicted molar refractivity (Wildman–Crippen MR) is 148 cm³/mol. The molecule has 0 aliphatic carbocycles. The first-order valence-corrected chi connectivity index (χ1v) is 14.5. The van der Waals surface area contributed by atoms with Gasteiger partial charge in [0.05, 0.1) is 25.3 Å². The van der Waals surface area contributed by atoms with Crippen LogP contribution >= 0.6 is 7.60 Å². The number of aliphatic hydroxyl groups excluding tert-OH is 2. The minimum atomic E-state index is -4.49. The number of phenolic OH excluding ortho intramolecular Hbond substituents is 2. The van der Waals surface area contributed by atoms with Crippen LogP contribution in [0.4, 0.5) is 4.79 Å². The topological polar surface area (TPSA) is 259 Å². The number of alkyl carbamates (subject to hydrolysis) is 1. The Morgan fingerprint density at radius 2 is 1.88 bits per heavy atom. The molecule has 2 unspecified atom stereocenters. The van der Waals surface area contributed by atoms with Crippen molar-refractivity contribution in [3.05, 3.63) is 41.4 Å². The summed E-state index contributed by atoms with van der Waals surface area (Å²) in [5.74, 6) is -1.63. The number of amides is 3. The van der Waals surface area contributed by atoms with Crippen LogP contribution < -0.4 is 21.7 Å². The molecular weight excluding hydrogens is 579 g/mol. The zero-order chi connectivity index (χ0) is 31.4. The summed E-state index contributed by atoms with van der Waals surface area (Å²) < 4.78 is 28.3. The fourth-order valence-corrected chi connectivity index (χ4v) is 4.91. The Kier molecular flexibility index (Phi) is 13.2. The molecule has 1 aromatic rings. The second-order valence-electron chi connectivity index (χ2n) is 9.10. The van der Waals surface area contributed by atoms with Gasteiger partial charge in [-0.15, -0.1) is 0 Å². The van der Waals surface area contributed by atoms with Gasteiger partial charge < -0.3 is 61.0 Å². The van der Waals surface area contributed by atoms with E-state index in [0.717, 1.165) is 6.08 Å². The van der Waals surface area contributed by atoms with Gasteiger partial charge in [0.25, 0.3) is 0 Å². The first-order valence-electron chi connectivity index (χ1n) is 12.9. The molecule has 1 aliphatic heterocycles. The van der Waals surface area contributed by atoms with E-state index < -0.39 is 68.0 Å². The largest absolute Gasteiger partial charge is 0.504 e. The van der Waals surface area contributed by atoms with Gasteiger partial charge in [-0.25, -0.2) is 4.79 Å². The minimum absolute atomic E-state index is 0.0120. The third-order valence-corrected chi connectivity index (χ3v) is 7.21. The zero-order valence-electron chi connectivity index (χ0n) is 23.0. The molecule has 0 fully saturated rings. The molecule has 10 N–H and O–H groups in total. The normalized spacial score (nSPS) is 21.3. The Bertz CT molecular complexity index is 1210. The summed E-state index contributed by atoms with van der Waals surface area (Å²) in [5.41, 5.74) is 6.00. The Morgan fingerprint density at radius 1 is 1.19 bits per heavy atom. The first-order chi connectivity index (χ1) is 19.8. The molecular formula is C25H37N4O12P. The van der Waals surface area contributed by atoms with Crippen molar-refractivity contribution in [1.29, 1.82) is 0 Å². The van der Waals surface area contributed by atoms with Crippen LogP contribution in [0.5, 0.6) is 11.5 Å². The van der Waals surface area contributed by atoms with Gasteiger partial charge >= 0.3 is 13.7 Å². The van der Waals surface area contributed by atoms with Gasteiger partial charge in [-0.2, -0.15) is 0 Å². The summed E-state index contributed by atoms with van der Waals surface area (Å²) >= 11 is 0. The minimum Gasteiger partial charge on any atom is -0.504 e. The number of benzene rings is 1. The number of carbonyl (C=O) groups is 3. The Labute approximate surface area is 241 Å². The van der Waals surface area contributed by atoms with Crippen molar-refractivity contribution in [1.82, 2.24) is 16.0 Å². The third-order valence-electron chi connectivity index (χ3n) is 5.79.